The summed E-state index contributed by atoms with van der Waals surface area (Å²) < 4.78 is 13.5. The molecule has 36 heavy (non-hydrogen) atoms. The summed E-state index contributed by atoms with van der Waals surface area (Å²) in [6.07, 6.45) is 1.88. The normalized spacial score (nSPS) is 10.1. The van der Waals surface area contributed by atoms with Crippen LogP contribution < -0.4 is 14.8 Å². The van der Waals surface area contributed by atoms with Gasteiger partial charge in [0.15, 0.2) is 0 Å². The van der Waals surface area contributed by atoms with Crippen molar-refractivity contribution in [1.29, 1.82) is 0 Å². The van der Waals surface area contributed by atoms with E-state index in [9.17, 15) is 0 Å². The van der Waals surface area contributed by atoms with Gasteiger partial charge >= 0.3 is 11.9 Å². The molecule has 0 bridgehead atoms. The fraction of sp³-hybridized carbons (Fsp3) is 0.148. The molecule has 3 N–H and O–H groups in total. The maximum absolute atomic E-state index is 9.10. The Morgan fingerprint density at radius 3 is 2.19 bits per heavy atom. The van der Waals surface area contributed by atoms with Crippen LogP contribution in [0.5, 0.6) is 17.2 Å². The summed E-state index contributed by atoms with van der Waals surface area (Å²) in [6.45, 7) is 3.30. The van der Waals surface area contributed by atoms with Gasteiger partial charge in [-0.3, -0.25) is 0 Å². The van der Waals surface area contributed by atoms with Crippen LogP contribution in [0.1, 0.15) is 12.5 Å². The third-order valence-corrected chi connectivity index (χ3v) is 4.96. The molecule has 0 aliphatic carbocycles. The summed E-state index contributed by atoms with van der Waals surface area (Å²) in [5, 5.41) is 18.2. The second-order valence-electron chi connectivity index (χ2n) is 7.51. The molecule has 186 valence electrons. The van der Waals surface area contributed by atoms with Crippen molar-refractivity contribution in [2.75, 3.05) is 11.9 Å². The average Bonchev–Trinajstić information content (AvgIpc) is 3.25. The maximum Gasteiger partial charge on any atom is 0.414 e. The lowest BCUT2D eigenvalue weighted by molar-refractivity contribution is -0.159. The van der Waals surface area contributed by atoms with E-state index >= 15 is 0 Å². The summed E-state index contributed by atoms with van der Waals surface area (Å²) in [5.74, 6) is -0.320. The highest BCUT2D eigenvalue weighted by Crippen LogP contribution is 2.25. The Labute approximate surface area is 208 Å². The van der Waals surface area contributed by atoms with E-state index in [1.807, 2.05) is 80.8 Å². The lowest BCUT2D eigenvalue weighted by Gasteiger charge is -2.10. The third-order valence-electron chi connectivity index (χ3n) is 4.96. The molecule has 4 aromatic rings. The number of hydrogen-bond acceptors (Lipinski definition) is 6. The summed E-state index contributed by atoms with van der Waals surface area (Å²) >= 11 is 0. The number of carboxylic acid groups (broad SMARTS) is 2. The highest BCUT2D eigenvalue weighted by atomic mass is 16.5. The number of ether oxygens (including phenoxy) is 2. The van der Waals surface area contributed by atoms with Crippen LogP contribution in [0.25, 0.3) is 11.3 Å². The lowest BCUT2D eigenvalue weighted by Crippen LogP contribution is -2.09. The van der Waals surface area contributed by atoms with Crippen molar-refractivity contribution in [2.45, 2.75) is 13.5 Å². The first-order valence-electron chi connectivity index (χ1n) is 11.1. The van der Waals surface area contributed by atoms with Gasteiger partial charge in [0, 0.05) is 19.2 Å². The predicted molar refractivity (Wildman–Crippen MR) is 135 cm³/mol. The molecule has 1 aromatic heterocycles. The molecule has 0 aliphatic heterocycles. The van der Waals surface area contributed by atoms with Crippen molar-refractivity contribution < 1.29 is 29.3 Å². The fourth-order valence-corrected chi connectivity index (χ4v) is 3.26. The first kappa shape index (κ1) is 25.8. The zero-order chi connectivity index (χ0) is 25.9. The van der Waals surface area contributed by atoms with E-state index in [-0.39, 0.29) is 0 Å². The molecular weight excluding hydrogens is 462 g/mol. The van der Waals surface area contributed by atoms with Crippen LogP contribution in [-0.2, 0) is 23.2 Å². The molecule has 0 radical (unpaired) electrons. The summed E-state index contributed by atoms with van der Waals surface area (Å²) in [6, 6.07) is 25.9. The van der Waals surface area contributed by atoms with Gasteiger partial charge in [-0.15, -0.1) is 0 Å². The average molecular weight is 490 g/mol. The number of rotatable bonds is 8. The molecule has 4 rings (SSSR count). The van der Waals surface area contributed by atoms with Crippen molar-refractivity contribution in [3.05, 3.63) is 90.6 Å². The highest BCUT2D eigenvalue weighted by Gasteiger charge is 2.09. The van der Waals surface area contributed by atoms with Crippen LogP contribution in [0.4, 0.5) is 5.95 Å². The van der Waals surface area contributed by atoms with Crippen LogP contribution in [0.3, 0.4) is 0 Å². The highest BCUT2D eigenvalue weighted by molar-refractivity contribution is 6.27. The summed E-state index contributed by atoms with van der Waals surface area (Å²) in [4.78, 5) is 22.7. The Morgan fingerprint density at radius 2 is 1.56 bits per heavy atom. The van der Waals surface area contributed by atoms with Crippen molar-refractivity contribution in [2.24, 2.45) is 7.05 Å². The molecule has 0 saturated carbocycles. The van der Waals surface area contributed by atoms with Crippen molar-refractivity contribution in [3.8, 4) is 28.5 Å². The summed E-state index contributed by atoms with van der Waals surface area (Å²) in [5.41, 5.74) is 3.26. The molecule has 0 spiro atoms. The number of nitrogens with one attached hydrogen (secondary N) is 1. The van der Waals surface area contributed by atoms with Gasteiger partial charge in [-0.25, -0.2) is 14.6 Å². The smallest absolute Gasteiger partial charge is 0.414 e. The van der Waals surface area contributed by atoms with E-state index in [2.05, 4.69) is 33.1 Å². The number of aromatic nitrogens is 2. The fourth-order valence-electron chi connectivity index (χ4n) is 3.26. The Morgan fingerprint density at radius 1 is 0.889 bits per heavy atom. The molecule has 0 atom stereocenters. The number of hydrogen-bond donors (Lipinski definition) is 3. The number of nitrogens with zero attached hydrogens (tertiary/aromatic N) is 2. The van der Waals surface area contributed by atoms with Gasteiger partial charge in [-0.05, 0) is 61.0 Å². The van der Waals surface area contributed by atoms with Gasteiger partial charge in [0.25, 0.3) is 0 Å². The second kappa shape index (κ2) is 12.6. The standard InChI is InChI=1S/C25H25N3O2.C2H2O4/c1-3-29-21-14-12-20(13-15-21)24-18-27-25(28(24)2)26-17-19-8-7-11-23(16-19)30-22-9-5-4-6-10-22;3-1(4)2(5)6/h4-16,18H,3,17H2,1-2H3,(H,26,27);(H,3,4)(H,5,6). The zero-order valence-electron chi connectivity index (χ0n) is 19.9. The number of anilines is 1. The maximum atomic E-state index is 9.10. The van der Waals surface area contributed by atoms with E-state index in [4.69, 9.17) is 29.3 Å². The molecule has 9 nitrogen and oxygen atoms in total. The third kappa shape index (κ3) is 7.36. The Balaban J connectivity index is 0.000000538. The molecule has 3 aromatic carbocycles. The predicted octanol–water partition coefficient (Wildman–Crippen LogP) is 5.05. The van der Waals surface area contributed by atoms with Gasteiger partial charge in [0.1, 0.15) is 17.2 Å². The van der Waals surface area contributed by atoms with Crippen LogP contribution in [0.15, 0.2) is 85.1 Å². The van der Waals surface area contributed by atoms with Crippen LogP contribution >= 0.6 is 0 Å². The molecule has 0 aliphatic rings. The SMILES string of the molecule is CCOc1ccc(-c2cnc(NCc3cccc(Oc4ccccc4)c3)n2C)cc1.O=C(O)C(=O)O. The van der Waals surface area contributed by atoms with Gasteiger partial charge < -0.3 is 29.6 Å². The van der Waals surface area contributed by atoms with Gasteiger partial charge in [-0.1, -0.05) is 30.3 Å². The quantitative estimate of drug-likeness (QED) is 0.294. The number of para-hydroxylation sites is 1. The monoisotopic (exact) mass is 489 g/mol. The number of imidazole rings is 1. The van der Waals surface area contributed by atoms with Crippen LogP contribution in [0, 0.1) is 0 Å². The van der Waals surface area contributed by atoms with E-state index in [1.54, 1.807) is 0 Å². The zero-order valence-corrected chi connectivity index (χ0v) is 19.9. The molecule has 0 fully saturated rings. The molecule has 9 heteroatoms. The lowest BCUT2D eigenvalue weighted by atomic mass is 10.1. The molecule has 0 amide bonds. The van der Waals surface area contributed by atoms with Gasteiger partial charge in [-0.2, -0.15) is 0 Å². The number of benzene rings is 3. The van der Waals surface area contributed by atoms with E-state index < -0.39 is 11.9 Å². The van der Waals surface area contributed by atoms with E-state index in [0.717, 1.165) is 40.0 Å². The van der Waals surface area contributed by atoms with Gasteiger partial charge in [0.05, 0.1) is 18.5 Å². The molecular formula is C27H27N3O6. The Bertz CT molecular complexity index is 1270. The van der Waals surface area contributed by atoms with E-state index in [1.165, 1.54) is 0 Å². The first-order chi connectivity index (χ1) is 17.4. The van der Waals surface area contributed by atoms with Crippen LogP contribution in [0.2, 0.25) is 0 Å². The minimum Gasteiger partial charge on any atom is -0.494 e. The van der Waals surface area contributed by atoms with Crippen molar-refractivity contribution in [3.63, 3.8) is 0 Å². The van der Waals surface area contributed by atoms with E-state index in [0.29, 0.717) is 13.2 Å². The minimum atomic E-state index is -1.82. The van der Waals surface area contributed by atoms with Crippen molar-refractivity contribution in [1.82, 2.24) is 9.55 Å². The Kier molecular flexibility index (Phi) is 9.05. The largest absolute Gasteiger partial charge is 0.494 e. The number of carbonyl (C=O) groups is 2. The molecule has 0 unspecified atom stereocenters. The first-order valence-corrected chi connectivity index (χ1v) is 11.1. The van der Waals surface area contributed by atoms with Gasteiger partial charge in [0.2, 0.25) is 5.95 Å². The topological polar surface area (TPSA) is 123 Å². The Hall–Kier alpha value is -4.79. The van der Waals surface area contributed by atoms with Crippen molar-refractivity contribution >= 4 is 17.9 Å². The summed E-state index contributed by atoms with van der Waals surface area (Å²) in [7, 11) is 2.01. The molecule has 1 heterocycles. The van der Waals surface area contributed by atoms with Crippen LogP contribution in [-0.4, -0.2) is 38.3 Å². The minimum absolute atomic E-state index is 0.652. The second-order valence-corrected chi connectivity index (χ2v) is 7.51. The molecule has 0 saturated heterocycles. The number of carboxylic acids is 2. The number of aliphatic carboxylic acids is 2.